The monoisotopic (exact) mass is 310 g/mol. The minimum atomic E-state index is -0.471. The summed E-state index contributed by atoms with van der Waals surface area (Å²) in [5.74, 6) is -0.0574. The molecule has 2 aliphatic rings. The molecule has 4 nitrogen and oxygen atoms in total. The Hall–Kier alpha value is -2.59. The molecule has 2 amide bonds. The number of nitrogens with one attached hydrogen (secondary N) is 2. The lowest BCUT2D eigenvalue weighted by Crippen LogP contribution is -2.43. The normalized spacial score (nSPS) is 19.4. The summed E-state index contributed by atoms with van der Waals surface area (Å²) in [4.78, 5) is 24.7. The van der Waals surface area contributed by atoms with E-state index in [1.165, 1.54) is 0 Å². The van der Waals surface area contributed by atoms with Crippen molar-refractivity contribution in [2.75, 3.05) is 0 Å². The number of carbonyl (C=O) groups excluding carboxylic acids is 2. The smallest absolute Gasteiger partial charge is 0.320 e. The number of rotatable bonds is 1. The van der Waals surface area contributed by atoms with E-state index < -0.39 is 6.04 Å². The fraction of sp³-hybridized carbons (Fsp3) is 0.0588. The third-order valence-corrected chi connectivity index (χ3v) is 4.21. The van der Waals surface area contributed by atoms with Gasteiger partial charge in [-0.05, 0) is 17.7 Å². The standard InChI is InChI=1S/C17H11ClN2O2/c18-10-7-5-9(6-8-10)14-13-15(20-17(22)19-14)11-3-1-2-4-12(11)16(13)21/h1-8,14H,(H2,19,20,22). The van der Waals surface area contributed by atoms with Crippen molar-refractivity contribution in [1.82, 2.24) is 10.6 Å². The van der Waals surface area contributed by atoms with Crippen LogP contribution in [-0.4, -0.2) is 11.8 Å². The molecule has 0 aromatic heterocycles. The highest BCUT2D eigenvalue weighted by molar-refractivity contribution is 6.30. The van der Waals surface area contributed by atoms with E-state index in [0.29, 0.717) is 21.9 Å². The van der Waals surface area contributed by atoms with Crippen LogP contribution in [0.3, 0.4) is 0 Å². The summed E-state index contributed by atoms with van der Waals surface area (Å²) in [6.07, 6.45) is 0. The molecule has 1 unspecified atom stereocenters. The van der Waals surface area contributed by atoms with Crippen molar-refractivity contribution in [3.8, 4) is 0 Å². The number of fused-ring (bicyclic) bond motifs is 2. The molecular weight excluding hydrogens is 300 g/mol. The number of halogens is 1. The van der Waals surface area contributed by atoms with Crippen LogP contribution in [0.2, 0.25) is 5.02 Å². The van der Waals surface area contributed by atoms with Crippen molar-refractivity contribution in [3.63, 3.8) is 0 Å². The van der Waals surface area contributed by atoms with Gasteiger partial charge in [0.2, 0.25) is 0 Å². The maximum absolute atomic E-state index is 12.7. The molecule has 0 saturated heterocycles. The molecule has 0 saturated carbocycles. The maximum atomic E-state index is 12.7. The third kappa shape index (κ3) is 1.84. The van der Waals surface area contributed by atoms with Gasteiger partial charge in [-0.3, -0.25) is 4.79 Å². The van der Waals surface area contributed by atoms with E-state index in [9.17, 15) is 9.59 Å². The highest BCUT2D eigenvalue weighted by atomic mass is 35.5. The minimum Gasteiger partial charge on any atom is -0.327 e. The molecule has 1 heterocycles. The summed E-state index contributed by atoms with van der Waals surface area (Å²) >= 11 is 5.91. The molecule has 5 heteroatoms. The lowest BCUT2D eigenvalue weighted by atomic mass is 9.94. The topological polar surface area (TPSA) is 58.2 Å². The number of Topliss-reactive ketones (excluding diaryl/α,β-unsaturated/α-hetero) is 1. The van der Waals surface area contributed by atoms with Gasteiger partial charge in [0.05, 0.1) is 17.3 Å². The highest BCUT2D eigenvalue weighted by Gasteiger charge is 2.39. The number of urea groups is 1. The molecule has 0 spiro atoms. The van der Waals surface area contributed by atoms with Gasteiger partial charge < -0.3 is 10.6 Å². The van der Waals surface area contributed by atoms with Crippen LogP contribution >= 0.6 is 11.6 Å². The number of ketones is 1. The zero-order chi connectivity index (χ0) is 15.3. The molecule has 0 radical (unpaired) electrons. The molecule has 0 fully saturated rings. The lowest BCUT2D eigenvalue weighted by Gasteiger charge is -2.26. The molecule has 4 rings (SSSR count). The highest BCUT2D eigenvalue weighted by Crippen LogP contribution is 2.39. The Balaban J connectivity index is 1.88. The average Bonchev–Trinajstić information content (AvgIpc) is 2.81. The van der Waals surface area contributed by atoms with Crippen LogP contribution in [0.25, 0.3) is 5.70 Å². The first-order valence-electron chi connectivity index (χ1n) is 6.86. The van der Waals surface area contributed by atoms with Crippen LogP contribution in [0, 0.1) is 0 Å². The van der Waals surface area contributed by atoms with Crippen molar-refractivity contribution in [3.05, 3.63) is 75.8 Å². The number of benzene rings is 2. The second kappa shape index (κ2) is 4.71. The number of hydrogen-bond donors (Lipinski definition) is 2. The minimum absolute atomic E-state index is 0.0574. The van der Waals surface area contributed by atoms with E-state index in [-0.39, 0.29) is 11.8 Å². The van der Waals surface area contributed by atoms with E-state index in [0.717, 1.165) is 11.1 Å². The molecule has 2 N–H and O–H groups in total. The van der Waals surface area contributed by atoms with Crippen LogP contribution in [0.5, 0.6) is 0 Å². The SMILES string of the molecule is O=C1NC2=C(C(=O)c3ccccc32)C(c2ccc(Cl)cc2)N1. The molecule has 22 heavy (non-hydrogen) atoms. The summed E-state index contributed by atoms with van der Waals surface area (Å²) in [5, 5.41) is 6.19. The molecule has 2 aromatic rings. The molecule has 1 aliphatic carbocycles. The van der Waals surface area contributed by atoms with Crippen molar-refractivity contribution in [1.29, 1.82) is 0 Å². The average molecular weight is 311 g/mol. The Morgan fingerprint density at radius 3 is 2.32 bits per heavy atom. The van der Waals surface area contributed by atoms with Gasteiger partial charge in [-0.1, -0.05) is 48.0 Å². The fourth-order valence-corrected chi connectivity index (χ4v) is 3.10. The fourth-order valence-electron chi connectivity index (χ4n) is 2.97. The van der Waals surface area contributed by atoms with E-state index in [1.807, 2.05) is 30.3 Å². The predicted molar refractivity (Wildman–Crippen MR) is 83.6 cm³/mol. The van der Waals surface area contributed by atoms with Crippen molar-refractivity contribution >= 4 is 29.1 Å². The molecule has 2 aromatic carbocycles. The Morgan fingerprint density at radius 1 is 0.909 bits per heavy atom. The van der Waals surface area contributed by atoms with Gasteiger partial charge in [-0.25, -0.2) is 4.79 Å². The second-order valence-electron chi connectivity index (χ2n) is 5.25. The van der Waals surface area contributed by atoms with Crippen LogP contribution in [0.4, 0.5) is 4.79 Å². The quantitative estimate of drug-likeness (QED) is 0.849. The van der Waals surface area contributed by atoms with Crippen LogP contribution < -0.4 is 10.6 Å². The molecule has 1 aliphatic heterocycles. The third-order valence-electron chi connectivity index (χ3n) is 3.96. The van der Waals surface area contributed by atoms with Gasteiger partial charge in [0.15, 0.2) is 5.78 Å². The summed E-state index contributed by atoms with van der Waals surface area (Å²) < 4.78 is 0. The number of hydrogen-bond acceptors (Lipinski definition) is 2. The van der Waals surface area contributed by atoms with Gasteiger partial charge in [-0.15, -0.1) is 0 Å². The number of amides is 2. The zero-order valence-electron chi connectivity index (χ0n) is 11.4. The van der Waals surface area contributed by atoms with Gasteiger partial charge in [0, 0.05) is 16.1 Å². The largest absolute Gasteiger partial charge is 0.327 e. The summed E-state index contributed by atoms with van der Waals surface area (Å²) in [5.41, 5.74) is 3.40. The summed E-state index contributed by atoms with van der Waals surface area (Å²) in [6.45, 7) is 0. The first-order valence-corrected chi connectivity index (χ1v) is 7.24. The maximum Gasteiger partial charge on any atom is 0.320 e. The summed E-state index contributed by atoms with van der Waals surface area (Å²) in [6, 6.07) is 13.6. The first-order chi connectivity index (χ1) is 10.6. The van der Waals surface area contributed by atoms with Crippen molar-refractivity contribution in [2.24, 2.45) is 0 Å². The molecule has 1 atom stereocenters. The zero-order valence-corrected chi connectivity index (χ0v) is 12.1. The van der Waals surface area contributed by atoms with Gasteiger partial charge in [0.25, 0.3) is 0 Å². The Kier molecular flexibility index (Phi) is 2.81. The van der Waals surface area contributed by atoms with Gasteiger partial charge in [-0.2, -0.15) is 0 Å². The van der Waals surface area contributed by atoms with Gasteiger partial charge >= 0.3 is 6.03 Å². The second-order valence-corrected chi connectivity index (χ2v) is 5.68. The lowest BCUT2D eigenvalue weighted by molar-refractivity contribution is 0.103. The van der Waals surface area contributed by atoms with Crippen molar-refractivity contribution < 1.29 is 9.59 Å². The van der Waals surface area contributed by atoms with E-state index in [4.69, 9.17) is 11.6 Å². The Morgan fingerprint density at radius 2 is 1.59 bits per heavy atom. The molecular formula is C17H11ClN2O2. The Bertz CT molecular complexity index is 840. The summed E-state index contributed by atoms with van der Waals surface area (Å²) in [7, 11) is 0. The predicted octanol–water partition coefficient (Wildman–Crippen LogP) is 3.30. The van der Waals surface area contributed by atoms with Crippen LogP contribution in [0.1, 0.15) is 27.5 Å². The van der Waals surface area contributed by atoms with E-state index in [2.05, 4.69) is 10.6 Å². The van der Waals surface area contributed by atoms with Gasteiger partial charge in [0.1, 0.15) is 0 Å². The van der Waals surface area contributed by atoms with Crippen molar-refractivity contribution in [2.45, 2.75) is 6.04 Å². The number of carbonyl (C=O) groups is 2. The molecule has 108 valence electrons. The van der Waals surface area contributed by atoms with E-state index in [1.54, 1.807) is 18.2 Å². The first kappa shape index (κ1) is 13.1. The molecule has 0 bridgehead atoms. The van der Waals surface area contributed by atoms with Crippen LogP contribution in [0.15, 0.2) is 54.1 Å². The van der Waals surface area contributed by atoms with Crippen LogP contribution in [-0.2, 0) is 0 Å². The van der Waals surface area contributed by atoms with E-state index >= 15 is 0 Å². The Labute approximate surface area is 131 Å².